The highest BCUT2D eigenvalue weighted by Gasteiger charge is 2.43. The number of hydrogen-bond acceptors (Lipinski definition) is 5. The third-order valence-electron chi connectivity index (χ3n) is 5.91. The van der Waals surface area contributed by atoms with Crippen LogP contribution in [-0.2, 0) is 23.6 Å². The number of cyclic esters (lactones) is 1. The molecule has 1 fully saturated rings. The van der Waals surface area contributed by atoms with Gasteiger partial charge in [-0.25, -0.2) is 19.2 Å². The molecule has 0 N–H and O–H groups in total. The molecule has 2 aromatic carbocycles. The molecule has 3 aromatic rings. The fourth-order valence-corrected chi connectivity index (χ4v) is 4.86. The Morgan fingerprint density at radius 1 is 1.05 bits per heavy atom. The van der Waals surface area contributed by atoms with E-state index in [0.717, 1.165) is 0 Å². The second-order valence-corrected chi connectivity index (χ2v) is 10.3. The Balaban J connectivity index is 1.71. The fourth-order valence-electron chi connectivity index (χ4n) is 3.99. The highest BCUT2D eigenvalue weighted by Crippen LogP contribution is 2.41. The summed E-state index contributed by atoms with van der Waals surface area (Å²) in [6.45, 7) is 1.28. The van der Waals surface area contributed by atoms with Crippen molar-refractivity contribution >= 4 is 40.4 Å². The average molecular weight is 671 g/mol. The van der Waals surface area contributed by atoms with Crippen molar-refractivity contribution in [2.24, 2.45) is 0 Å². The molecule has 2 heterocycles. The summed E-state index contributed by atoms with van der Waals surface area (Å²) in [4.78, 5) is 22.7. The minimum atomic E-state index is -5.04. The summed E-state index contributed by atoms with van der Waals surface area (Å²) >= 11 is 3.05. The minimum Gasteiger partial charge on any atom is -0.439 e. The van der Waals surface area contributed by atoms with E-state index in [9.17, 15) is 35.5 Å². The van der Waals surface area contributed by atoms with E-state index in [1.807, 2.05) is 22.6 Å². The van der Waals surface area contributed by atoms with Crippen molar-refractivity contribution in [3.05, 3.63) is 74.4 Å². The van der Waals surface area contributed by atoms with Crippen molar-refractivity contribution in [1.29, 1.82) is 0 Å². The predicted octanol–water partition coefficient (Wildman–Crippen LogP) is 7.73. The molecule has 202 valence electrons. The number of rotatable bonds is 5. The molecule has 0 unspecified atom stereocenters. The van der Waals surface area contributed by atoms with Gasteiger partial charge < -0.3 is 4.74 Å². The number of carbonyl (C=O) groups is 1. The van der Waals surface area contributed by atoms with Crippen molar-refractivity contribution in [2.75, 3.05) is 6.26 Å². The van der Waals surface area contributed by atoms with Crippen molar-refractivity contribution in [2.45, 2.75) is 43.1 Å². The zero-order chi connectivity index (χ0) is 28.0. The Kier molecular flexibility index (Phi) is 7.85. The number of halogens is 8. The van der Waals surface area contributed by atoms with Gasteiger partial charge in [-0.1, -0.05) is 17.8 Å². The Hall–Kier alpha value is -2.62. The lowest BCUT2D eigenvalue weighted by atomic mass is 9.97. The molecule has 0 radical (unpaired) electrons. The Bertz CT molecular complexity index is 1350. The van der Waals surface area contributed by atoms with Crippen LogP contribution in [0.3, 0.4) is 0 Å². The van der Waals surface area contributed by atoms with Gasteiger partial charge in [0.15, 0.2) is 5.16 Å². The highest BCUT2D eigenvalue weighted by atomic mass is 127. The summed E-state index contributed by atoms with van der Waals surface area (Å²) in [6.07, 6.45) is -9.19. The molecule has 2 atom stereocenters. The lowest BCUT2D eigenvalue weighted by Gasteiger charge is -2.23. The number of aromatic nitrogens is 2. The molecule has 1 aromatic heterocycles. The SMILES string of the molecule is CSc1ncc(-c2ccc(F)c(I)c2)c(CN2C(=O)O[C@H](c3cc(C(F)(F)F)cc(C(F)(F)F)c3)[C@@H]2C)n1. The molecular formula is C24H17F7IN3O2S. The van der Waals surface area contributed by atoms with Crippen LogP contribution >= 0.6 is 34.4 Å². The molecule has 14 heteroatoms. The predicted molar refractivity (Wildman–Crippen MR) is 133 cm³/mol. The lowest BCUT2D eigenvalue weighted by Crippen LogP contribution is -2.32. The van der Waals surface area contributed by atoms with Crippen LogP contribution in [0.2, 0.25) is 0 Å². The third-order valence-corrected chi connectivity index (χ3v) is 7.30. The maximum absolute atomic E-state index is 13.8. The number of hydrogen-bond donors (Lipinski definition) is 0. The molecule has 0 spiro atoms. The molecule has 1 aliphatic rings. The fraction of sp³-hybridized carbons (Fsp3) is 0.292. The molecule has 1 aliphatic heterocycles. The van der Waals surface area contributed by atoms with Gasteiger partial charge in [-0.15, -0.1) is 0 Å². The van der Waals surface area contributed by atoms with Crippen LogP contribution in [-0.4, -0.2) is 33.3 Å². The zero-order valence-corrected chi connectivity index (χ0v) is 22.5. The molecule has 5 nitrogen and oxygen atoms in total. The van der Waals surface area contributed by atoms with E-state index in [2.05, 4.69) is 9.97 Å². The van der Waals surface area contributed by atoms with Crippen molar-refractivity contribution in [3.8, 4) is 11.1 Å². The number of ether oxygens (including phenoxy) is 1. The minimum absolute atomic E-state index is 0.0177. The maximum atomic E-state index is 13.8. The zero-order valence-electron chi connectivity index (χ0n) is 19.5. The molecular weight excluding hydrogens is 654 g/mol. The number of carbonyl (C=O) groups excluding carboxylic acids is 1. The van der Waals surface area contributed by atoms with Crippen LogP contribution < -0.4 is 0 Å². The van der Waals surface area contributed by atoms with Crippen LogP contribution in [0.15, 0.2) is 47.8 Å². The summed E-state index contributed by atoms with van der Waals surface area (Å²) < 4.78 is 99.6. The number of alkyl halides is 6. The van der Waals surface area contributed by atoms with Gasteiger partial charge in [0.05, 0.1) is 29.4 Å². The standard InChI is InChI=1S/C24H17F7IN3O2S/c1-11-20(13-5-14(23(26,27)28)8-15(6-13)24(29,30)31)37-22(36)35(11)10-19-16(9-33-21(34-19)38-2)12-3-4-17(25)18(32)7-12/h3-9,11,20H,10H2,1-2H3/t11-,20-/m0/s1. The third kappa shape index (κ3) is 5.84. The molecule has 0 bridgehead atoms. The van der Waals surface area contributed by atoms with Crippen LogP contribution in [0.5, 0.6) is 0 Å². The monoisotopic (exact) mass is 671 g/mol. The Morgan fingerprint density at radius 2 is 1.68 bits per heavy atom. The van der Waals surface area contributed by atoms with E-state index in [-0.39, 0.29) is 12.6 Å². The van der Waals surface area contributed by atoms with Gasteiger partial charge >= 0.3 is 18.4 Å². The second-order valence-electron chi connectivity index (χ2n) is 8.36. The summed E-state index contributed by atoms with van der Waals surface area (Å²) in [5.74, 6) is -0.434. The lowest BCUT2D eigenvalue weighted by molar-refractivity contribution is -0.143. The number of nitrogens with zero attached hydrogens (tertiary/aromatic N) is 3. The summed E-state index contributed by atoms with van der Waals surface area (Å²) in [6, 6.07) is 4.51. The molecule has 4 rings (SSSR count). The number of amides is 1. The Labute approximate surface area is 229 Å². The van der Waals surface area contributed by atoms with Gasteiger partial charge in [0.25, 0.3) is 0 Å². The van der Waals surface area contributed by atoms with Gasteiger partial charge in [-0.3, -0.25) is 4.90 Å². The van der Waals surface area contributed by atoms with Crippen LogP contribution in [0.4, 0.5) is 35.5 Å². The van der Waals surface area contributed by atoms with Gasteiger partial charge in [0.1, 0.15) is 11.9 Å². The topological polar surface area (TPSA) is 55.3 Å². The number of benzene rings is 2. The largest absolute Gasteiger partial charge is 0.439 e. The Morgan fingerprint density at radius 3 is 2.24 bits per heavy atom. The van der Waals surface area contributed by atoms with Gasteiger partial charge in [0, 0.05) is 15.3 Å². The van der Waals surface area contributed by atoms with Crippen LogP contribution in [0.25, 0.3) is 11.1 Å². The first kappa shape index (κ1) is 28.4. The number of thioether (sulfide) groups is 1. The van der Waals surface area contributed by atoms with E-state index in [1.165, 1.54) is 41.9 Å². The van der Waals surface area contributed by atoms with Crippen LogP contribution in [0, 0.1) is 9.39 Å². The maximum Gasteiger partial charge on any atom is 0.416 e. The van der Waals surface area contributed by atoms with Crippen molar-refractivity contribution < 1.29 is 40.3 Å². The summed E-state index contributed by atoms with van der Waals surface area (Å²) in [5.41, 5.74) is -2.06. The first-order chi connectivity index (χ1) is 17.7. The molecule has 0 aliphatic carbocycles. The van der Waals surface area contributed by atoms with E-state index < -0.39 is 53.1 Å². The van der Waals surface area contributed by atoms with E-state index in [4.69, 9.17) is 4.74 Å². The quantitative estimate of drug-likeness (QED) is 0.120. The van der Waals surface area contributed by atoms with Gasteiger partial charge in [0.2, 0.25) is 0 Å². The molecule has 1 amide bonds. The molecule has 1 saturated heterocycles. The van der Waals surface area contributed by atoms with Crippen molar-refractivity contribution in [1.82, 2.24) is 14.9 Å². The second kappa shape index (κ2) is 10.5. The van der Waals surface area contributed by atoms with E-state index >= 15 is 0 Å². The smallest absolute Gasteiger partial charge is 0.416 e. The van der Waals surface area contributed by atoms with Gasteiger partial charge in [-0.2, -0.15) is 26.3 Å². The highest BCUT2D eigenvalue weighted by molar-refractivity contribution is 14.1. The van der Waals surface area contributed by atoms with Crippen LogP contribution in [0.1, 0.15) is 35.4 Å². The van der Waals surface area contributed by atoms with Crippen molar-refractivity contribution in [3.63, 3.8) is 0 Å². The average Bonchev–Trinajstić information content (AvgIpc) is 3.12. The molecule has 38 heavy (non-hydrogen) atoms. The summed E-state index contributed by atoms with van der Waals surface area (Å²) in [7, 11) is 0. The van der Waals surface area contributed by atoms with Gasteiger partial charge in [-0.05, 0) is 77.2 Å². The summed E-state index contributed by atoms with van der Waals surface area (Å²) in [5, 5.41) is 0.366. The normalized spacial score (nSPS) is 18.2. The van der Waals surface area contributed by atoms with E-state index in [0.29, 0.717) is 37.7 Å². The first-order valence-corrected chi connectivity index (χ1v) is 13.1. The van der Waals surface area contributed by atoms with E-state index in [1.54, 1.807) is 12.3 Å². The first-order valence-electron chi connectivity index (χ1n) is 10.8. The molecule has 0 saturated carbocycles.